The summed E-state index contributed by atoms with van der Waals surface area (Å²) in [6.07, 6.45) is 13.9. The van der Waals surface area contributed by atoms with E-state index in [1.54, 1.807) is 66.9 Å². The summed E-state index contributed by atoms with van der Waals surface area (Å²) in [5.74, 6) is 0.490. The molecular formula is C40H45NO5. The van der Waals surface area contributed by atoms with Crippen molar-refractivity contribution in [3.05, 3.63) is 119 Å². The molecule has 46 heavy (non-hydrogen) atoms. The third-order valence-electron chi connectivity index (χ3n) is 7.62. The first kappa shape index (κ1) is 34.2. The van der Waals surface area contributed by atoms with Crippen molar-refractivity contribution in [1.82, 2.24) is 0 Å². The smallest absolute Gasteiger partial charge is 0.343 e. The highest BCUT2D eigenvalue weighted by Crippen LogP contribution is 2.20. The number of unbranched alkanes of at least 4 members (excludes halogenated alkanes) is 7. The number of hydrogen-bond acceptors (Lipinski definition) is 6. The van der Waals surface area contributed by atoms with Crippen molar-refractivity contribution in [1.29, 1.82) is 0 Å². The van der Waals surface area contributed by atoms with Gasteiger partial charge in [-0.1, -0.05) is 70.9 Å². The molecule has 240 valence electrons. The molecule has 0 bridgehead atoms. The van der Waals surface area contributed by atoms with Gasteiger partial charge in [0.1, 0.15) is 17.2 Å². The molecule has 0 aliphatic carbocycles. The molecule has 0 aliphatic heterocycles. The third-order valence-corrected chi connectivity index (χ3v) is 7.62. The van der Waals surface area contributed by atoms with Gasteiger partial charge in [0.15, 0.2) is 0 Å². The van der Waals surface area contributed by atoms with Gasteiger partial charge in [-0.2, -0.15) is 0 Å². The number of esters is 2. The summed E-state index contributed by atoms with van der Waals surface area (Å²) >= 11 is 0. The largest absolute Gasteiger partial charge is 0.494 e. The monoisotopic (exact) mass is 619 g/mol. The van der Waals surface area contributed by atoms with E-state index in [-0.39, 0.29) is 0 Å². The topological polar surface area (TPSA) is 74.2 Å². The van der Waals surface area contributed by atoms with Crippen LogP contribution < -0.4 is 14.2 Å². The molecule has 0 aliphatic rings. The molecule has 0 amide bonds. The first-order valence-corrected chi connectivity index (χ1v) is 16.5. The third kappa shape index (κ3) is 11.7. The number of aryl methyl sites for hydroxylation is 1. The normalized spacial score (nSPS) is 11.0. The number of carbonyl (C=O) groups excluding carboxylic acids is 2. The minimum absolute atomic E-state index is 0.332. The lowest BCUT2D eigenvalue weighted by Crippen LogP contribution is -2.10. The minimum atomic E-state index is -0.505. The van der Waals surface area contributed by atoms with E-state index in [1.165, 1.54) is 50.5 Å². The lowest BCUT2D eigenvalue weighted by Gasteiger charge is -2.08. The summed E-state index contributed by atoms with van der Waals surface area (Å²) in [4.78, 5) is 29.9. The van der Waals surface area contributed by atoms with Crippen LogP contribution in [0.5, 0.6) is 17.2 Å². The zero-order chi connectivity index (χ0) is 32.4. The SMILES string of the molecule is CCCCCCCc1ccc(N=Cc2ccc(OC(=O)c3ccc(OC(=O)c4ccc(OCCCCCC)cc4)cc3)cc2)cc1. The number of benzene rings is 4. The van der Waals surface area contributed by atoms with E-state index in [4.69, 9.17) is 14.2 Å². The molecule has 4 aromatic carbocycles. The van der Waals surface area contributed by atoms with Crippen molar-refractivity contribution in [3.8, 4) is 17.2 Å². The minimum Gasteiger partial charge on any atom is -0.494 e. The number of hydrogen-bond donors (Lipinski definition) is 0. The highest BCUT2D eigenvalue weighted by molar-refractivity contribution is 5.93. The zero-order valence-corrected chi connectivity index (χ0v) is 27.1. The summed E-state index contributed by atoms with van der Waals surface area (Å²) in [5, 5.41) is 0. The molecule has 0 saturated heterocycles. The van der Waals surface area contributed by atoms with Gasteiger partial charge in [-0.25, -0.2) is 9.59 Å². The molecule has 4 rings (SSSR count). The van der Waals surface area contributed by atoms with Crippen LogP contribution in [0, 0.1) is 0 Å². The van der Waals surface area contributed by atoms with Crippen LogP contribution >= 0.6 is 0 Å². The van der Waals surface area contributed by atoms with E-state index in [1.807, 2.05) is 24.3 Å². The average molecular weight is 620 g/mol. The van der Waals surface area contributed by atoms with Gasteiger partial charge in [0.25, 0.3) is 0 Å². The number of carbonyl (C=O) groups is 2. The Morgan fingerprint density at radius 1 is 0.565 bits per heavy atom. The number of rotatable bonds is 18. The van der Waals surface area contributed by atoms with E-state index in [9.17, 15) is 9.59 Å². The van der Waals surface area contributed by atoms with Crippen molar-refractivity contribution in [2.24, 2.45) is 4.99 Å². The predicted octanol–water partition coefficient (Wildman–Crippen LogP) is 10.3. The standard InChI is InChI=1S/C40H45NO5/c1-3-5-7-9-10-12-31-13-21-35(22-14-31)41-30-32-15-23-37(24-16-32)45-40(43)34-19-27-38(28-20-34)46-39(42)33-17-25-36(26-18-33)44-29-11-8-6-4-2/h13-28,30H,3-12,29H2,1-2H3. The van der Waals surface area contributed by atoms with Gasteiger partial charge >= 0.3 is 11.9 Å². The molecule has 0 heterocycles. The molecule has 0 aromatic heterocycles. The van der Waals surface area contributed by atoms with Gasteiger partial charge in [0.05, 0.1) is 23.4 Å². The lowest BCUT2D eigenvalue weighted by molar-refractivity contribution is 0.0730. The maximum absolute atomic E-state index is 12.7. The average Bonchev–Trinajstić information content (AvgIpc) is 3.09. The Balaban J connectivity index is 1.21. The highest BCUT2D eigenvalue weighted by atomic mass is 16.5. The van der Waals surface area contributed by atoms with E-state index in [0.717, 1.165) is 36.3 Å². The molecule has 0 atom stereocenters. The second kappa shape index (κ2) is 18.9. The molecule has 0 saturated carbocycles. The summed E-state index contributed by atoms with van der Waals surface area (Å²) in [6, 6.07) is 28.7. The summed E-state index contributed by atoms with van der Waals surface area (Å²) in [7, 11) is 0. The second-order valence-electron chi connectivity index (χ2n) is 11.4. The fourth-order valence-electron chi connectivity index (χ4n) is 4.85. The summed E-state index contributed by atoms with van der Waals surface area (Å²) in [6.45, 7) is 5.07. The summed E-state index contributed by atoms with van der Waals surface area (Å²) in [5.41, 5.74) is 3.90. The molecule has 0 fully saturated rings. The molecular weight excluding hydrogens is 574 g/mol. The van der Waals surface area contributed by atoms with Crippen molar-refractivity contribution in [2.75, 3.05) is 6.61 Å². The van der Waals surface area contributed by atoms with Crippen LogP contribution in [0.2, 0.25) is 0 Å². The van der Waals surface area contributed by atoms with Gasteiger partial charge in [0.2, 0.25) is 0 Å². The second-order valence-corrected chi connectivity index (χ2v) is 11.4. The number of nitrogens with zero attached hydrogens (tertiary/aromatic N) is 1. The lowest BCUT2D eigenvalue weighted by atomic mass is 10.1. The first-order valence-electron chi connectivity index (χ1n) is 16.5. The Morgan fingerprint density at radius 3 is 1.63 bits per heavy atom. The van der Waals surface area contributed by atoms with E-state index in [2.05, 4.69) is 31.0 Å². The van der Waals surface area contributed by atoms with Crippen LogP contribution in [-0.2, 0) is 6.42 Å². The molecule has 0 N–H and O–H groups in total. The fourth-order valence-corrected chi connectivity index (χ4v) is 4.85. The number of aliphatic imine (C=N–C) groups is 1. The Hall–Kier alpha value is -4.71. The molecule has 0 spiro atoms. The summed E-state index contributed by atoms with van der Waals surface area (Å²) < 4.78 is 16.7. The van der Waals surface area contributed by atoms with Crippen molar-refractivity contribution < 1.29 is 23.8 Å². The van der Waals surface area contributed by atoms with E-state index >= 15 is 0 Å². The van der Waals surface area contributed by atoms with Crippen LogP contribution in [-0.4, -0.2) is 24.8 Å². The van der Waals surface area contributed by atoms with E-state index < -0.39 is 11.9 Å². The predicted molar refractivity (Wildman–Crippen MR) is 185 cm³/mol. The van der Waals surface area contributed by atoms with Crippen LogP contribution in [0.3, 0.4) is 0 Å². The van der Waals surface area contributed by atoms with Crippen molar-refractivity contribution in [3.63, 3.8) is 0 Å². The highest BCUT2D eigenvalue weighted by Gasteiger charge is 2.12. The van der Waals surface area contributed by atoms with Gasteiger partial charge in [-0.05, 0) is 115 Å². The number of ether oxygens (including phenoxy) is 3. The Bertz CT molecular complexity index is 1510. The Morgan fingerprint density at radius 2 is 1.07 bits per heavy atom. The van der Waals surface area contributed by atoms with Gasteiger partial charge < -0.3 is 14.2 Å². The zero-order valence-electron chi connectivity index (χ0n) is 27.1. The Labute approximate surface area is 273 Å². The van der Waals surface area contributed by atoms with Crippen molar-refractivity contribution >= 4 is 23.8 Å². The van der Waals surface area contributed by atoms with Crippen molar-refractivity contribution in [2.45, 2.75) is 78.1 Å². The molecule has 6 heteroatoms. The van der Waals surface area contributed by atoms with Gasteiger partial charge in [-0.15, -0.1) is 0 Å². The van der Waals surface area contributed by atoms with Crippen LogP contribution in [0.1, 0.15) is 103 Å². The van der Waals surface area contributed by atoms with Crippen LogP contribution in [0.4, 0.5) is 5.69 Å². The molecule has 4 aromatic rings. The maximum Gasteiger partial charge on any atom is 0.343 e. The van der Waals surface area contributed by atoms with Crippen LogP contribution in [0.15, 0.2) is 102 Å². The maximum atomic E-state index is 12.7. The van der Waals surface area contributed by atoms with Gasteiger partial charge in [-0.3, -0.25) is 4.99 Å². The molecule has 6 nitrogen and oxygen atoms in total. The first-order chi connectivity index (χ1) is 22.5. The van der Waals surface area contributed by atoms with Gasteiger partial charge in [0, 0.05) is 6.21 Å². The molecule has 0 radical (unpaired) electrons. The molecule has 0 unspecified atom stereocenters. The van der Waals surface area contributed by atoms with Crippen LogP contribution in [0.25, 0.3) is 0 Å². The quantitative estimate of drug-likeness (QED) is 0.0479. The van der Waals surface area contributed by atoms with E-state index in [0.29, 0.717) is 29.2 Å². The fraction of sp³-hybridized carbons (Fsp3) is 0.325. The Kier molecular flexibility index (Phi) is 14.1.